The molecule has 2 fully saturated rings. The van der Waals surface area contributed by atoms with Crippen LogP contribution in [-0.2, 0) is 0 Å². The molecule has 0 atom stereocenters. The van der Waals surface area contributed by atoms with E-state index in [0.717, 1.165) is 26.2 Å². The number of rotatable bonds is 0. The molecule has 0 unspecified atom stereocenters. The topological polar surface area (TPSA) is 66.2 Å². The Morgan fingerprint density at radius 1 is 0.667 bits per heavy atom. The number of nitrogens with one attached hydrogen (secondary N) is 3. The van der Waals surface area contributed by atoms with Crippen LogP contribution in [0.4, 0.5) is 0 Å². The molecule has 6 heteroatoms. The molecule has 2 aliphatic heterocycles. The Morgan fingerprint density at radius 3 is 1.33 bits per heavy atom. The van der Waals surface area contributed by atoms with Crippen molar-refractivity contribution in [1.82, 2.24) is 15.1 Å². The molecule has 2 rings (SSSR count). The zero-order valence-electron chi connectivity index (χ0n) is 10.9. The van der Waals surface area contributed by atoms with E-state index in [1.165, 1.54) is 38.5 Å². The number of hydrogen-bond acceptors (Lipinski definition) is 2. The molecule has 0 aromatic heterocycles. The van der Waals surface area contributed by atoms with Crippen molar-refractivity contribution in [2.75, 3.05) is 26.2 Å². The summed E-state index contributed by atoms with van der Waals surface area (Å²) in [6.45, 7) is 3.83. The standard InChI is InChI=1S/C12H23N5.ClH/c13-11(16-7-3-1-4-8-16)15-12(14)17-9-5-2-6-10-17;/h1-10H2,(H3,13,14,15);1H. The molecule has 18 heavy (non-hydrogen) atoms. The lowest BCUT2D eigenvalue weighted by Crippen LogP contribution is -2.51. The van der Waals surface area contributed by atoms with E-state index in [9.17, 15) is 0 Å². The van der Waals surface area contributed by atoms with Crippen LogP contribution in [0.1, 0.15) is 38.5 Å². The van der Waals surface area contributed by atoms with Crippen LogP contribution in [0.5, 0.6) is 0 Å². The first-order chi connectivity index (χ1) is 8.27. The third kappa shape index (κ3) is 4.05. The average molecular weight is 274 g/mol. The van der Waals surface area contributed by atoms with Gasteiger partial charge < -0.3 is 9.80 Å². The number of halogens is 1. The van der Waals surface area contributed by atoms with Crippen LogP contribution in [0.3, 0.4) is 0 Å². The summed E-state index contributed by atoms with van der Waals surface area (Å²) in [6.07, 6.45) is 7.21. The van der Waals surface area contributed by atoms with Gasteiger partial charge in [-0.05, 0) is 38.5 Å². The Bertz CT molecular complexity index is 254. The maximum atomic E-state index is 7.98. The molecule has 0 aromatic carbocycles. The van der Waals surface area contributed by atoms with Gasteiger partial charge in [0.1, 0.15) is 0 Å². The number of piperidine rings is 2. The van der Waals surface area contributed by atoms with Crippen LogP contribution in [0.25, 0.3) is 0 Å². The molecule has 0 amide bonds. The van der Waals surface area contributed by atoms with Crippen LogP contribution in [0, 0.1) is 10.8 Å². The average Bonchev–Trinajstić information content (AvgIpc) is 2.40. The van der Waals surface area contributed by atoms with Gasteiger partial charge in [0.15, 0.2) is 11.9 Å². The molecule has 2 saturated heterocycles. The second-order valence-electron chi connectivity index (χ2n) is 4.92. The second kappa shape index (κ2) is 7.46. The minimum absolute atomic E-state index is 0. The monoisotopic (exact) mass is 273 g/mol. The Hall–Kier alpha value is -0.970. The van der Waals surface area contributed by atoms with E-state index in [-0.39, 0.29) is 12.4 Å². The normalized spacial score (nSPS) is 20.0. The second-order valence-corrected chi connectivity index (χ2v) is 4.92. The summed E-state index contributed by atoms with van der Waals surface area (Å²) in [5, 5.41) is 18.9. The van der Waals surface area contributed by atoms with Crippen LogP contribution >= 0.6 is 12.4 Å². The summed E-state index contributed by atoms with van der Waals surface area (Å²) < 4.78 is 0. The molecule has 0 radical (unpaired) electrons. The summed E-state index contributed by atoms with van der Waals surface area (Å²) in [5.74, 6) is 0.806. The van der Waals surface area contributed by atoms with Crippen molar-refractivity contribution in [2.45, 2.75) is 38.5 Å². The zero-order chi connectivity index (χ0) is 12.1. The molecule has 0 saturated carbocycles. The maximum absolute atomic E-state index is 7.98. The molecular weight excluding hydrogens is 250 g/mol. The van der Waals surface area contributed by atoms with Gasteiger partial charge in [0, 0.05) is 26.2 Å². The van der Waals surface area contributed by atoms with Gasteiger partial charge in [-0.2, -0.15) is 0 Å². The predicted octanol–water partition coefficient (Wildman–Crippen LogP) is 1.84. The van der Waals surface area contributed by atoms with Gasteiger partial charge in [0.25, 0.3) is 0 Å². The van der Waals surface area contributed by atoms with Gasteiger partial charge in [-0.1, -0.05) is 0 Å². The van der Waals surface area contributed by atoms with Crippen molar-refractivity contribution < 1.29 is 0 Å². The highest BCUT2D eigenvalue weighted by atomic mass is 35.5. The number of nitrogens with zero attached hydrogens (tertiary/aromatic N) is 2. The highest BCUT2D eigenvalue weighted by Gasteiger charge is 2.18. The molecule has 0 aromatic rings. The fourth-order valence-electron chi connectivity index (χ4n) is 2.51. The lowest BCUT2D eigenvalue weighted by atomic mass is 10.1. The molecule has 2 aliphatic rings. The lowest BCUT2D eigenvalue weighted by molar-refractivity contribution is 0.319. The fourth-order valence-corrected chi connectivity index (χ4v) is 2.51. The van der Waals surface area contributed by atoms with Gasteiger partial charge in [0.2, 0.25) is 0 Å². The molecule has 0 bridgehead atoms. The van der Waals surface area contributed by atoms with Crippen LogP contribution in [-0.4, -0.2) is 47.9 Å². The quantitative estimate of drug-likeness (QED) is 0.466. The van der Waals surface area contributed by atoms with Crippen molar-refractivity contribution in [3.05, 3.63) is 0 Å². The Labute approximate surface area is 115 Å². The molecule has 5 nitrogen and oxygen atoms in total. The first-order valence-electron chi connectivity index (χ1n) is 6.71. The van der Waals surface area contributed by atoms with E-state index in [4.69, 9.17) is 10.8 Å². The smallest absolute Gasteiger partial charge is 0.197 e. The van der Waals surface area contributed by atoms with E-state index in [2.05, 4.69) is 5.32 Å². The zero-order valence-corrected chi connectivity index (χ0v) is 11.7. The third-order valence-corrected chi connectivity index (χ3v) is 3.58. The van der Waals surface area contributed by atoms with Gasteiger partial charge in [-0.25, -0.2) is 0 Å². The molecule has 2 heterocycles. The van der Waals surface area contributed by atoms with Crippen LogP contribution in [0.15, 0.2) is 0 Å². The van der Waals surface area contributed by atoms with Crippen LogP contribution in [0.2, 0.25) is 0 Å². The molecule has 0 aliphatic carbocycles. The Morgan fingerprint density at radius 2 is 1.00 bits per heavy atom. The van der Waals surface area contributed by atoms with E-state index < -0.39 is 0 Å². The fraction of sp³-hybridized carbons (Fsp3) is 0.833. The van der Waals surface area contributed by atoms with E-state index in [1.807, 2.05) is 9.80 Å². The summed E-state index contributed by atoms with van der Waals surface area (Å²) in [7, 11) is 0. The SMILES string of the molecule is Cl.N=C(NC(=N)N1CCCCC1)N1CCCCC1. The highest BCUT2D eigenvalue weighted by Crippen LogP contribution is 2.10. The summed E-state index contributed by atoms with van der Waals surface area (Å²) in [6, 6.07) is 0. The van der Waals surface area contributed by atoms with Crippen molar-refractivity contribution in [3.63, 3.8) is 0 Å². The third-order valence-electron chi connectivity index (χ3n) is 3.58. The predicted molar refractivity (Wildman–Crippen MR) is 76.7 cm³/mol. The molecule has 104 valence electrons. The number of guanidine groups is 2. The first kappa shape index (κ1) is 15.1. The molecule has 0 spiro atoms. The van der Waals surface area contributed by atoms with Gasteiger partial charge in [-0.3, -0.25) is 16.1 Å². The van der Waals surface area contributed by atoms with Gasteiger partial charge in [-0.15, -0.1) is 12.4 Å². The summed E-state index contributed by atoms with van der Waals surface area (Å²) >= 11 is 0. The van der Waals surface area contributed by atoms with Crippen molar-refractivity contribution in [3.8, 4) is 0 Å². The minimum Gasteiger partial charge on any atom is -0.343 e. The van der Waals surface area contributed by atoms with Gasteiger partial charge >= 0.3 is 0 Å². The summed E-state index contributed by atoms with van der Waals surface area (Å²) in [5.41, 5.74) is 0. The number of likely N-dealkylation sites (tertiary alicyclic amines) is 2. The largest absolute Gasteiger partial charge is 0.343 e. The maximum Gasteiger partial charge on any atom is 0.197 e. The minimum atomic E-state index is 0. The molecule has 3 N–H and O–H groups in total. The highest BCUT2D eigenvalue weighted by molar-refractivity contribution is 5.95. The molecular formula is C12H24ClN5. The Balaban J connectivity index is 0.00000162. The Kier molecular flexibility index (Phi) is 6.25. The lowest BCUT2D eigenvalue weighted by Gasteiger charge is -2.33. The van der Waals surface area contributed by atoms with Gasteiger partial charge in [0.05, 0.1) is 0 Å². The van der Waals surface area contributed by atoms with Crippen LogP contribution < -0.4 is 5.32 Å². The van der Waals surface area contributed by atoms with E-state index in [0.29, 0.717) is 11.9 Å². The first-order valence-corrected chi connectivity index (χ1v) is 6.71. The van der Waals surface area contributed by atoms with Crippen molar-refractivity contribution in [2.24, 2.45) is 0 Å². The van der Waals surface area contributed by atoms with Crippen molar-refractivity contribution in [1.29, 1.82) is 10.8 Å². The van der Waals surface area contributed by atoms with Crippen molar-refractivity contribution >= 4 is 24.3 Å². The number of hydrogen-bond donors (Lipinski definition) is 3. The summed E-state index contributed by atoms with van der Waals surface area (Å²) in [4.78, 5) is 4.09. The van der Waals surface area contributed by atoms with E-state index >= 15 is 0 Å². The van der Waals surface area contributed by atoms with E-state index in [1.54, 1.807) is 0 Å².